The van der Waals surface area contributed by atoms with E-state index in [-0.39, 0.29) is 10.8 Å². The van der Waals surface area contributed by atoms with Crippen LogP contribution in [0.15, 0.2) is 6.20 Å². The van der Waals surface area contributed by atoms with Crippen LogP contribution < -0.4 is 5.73 Å². The molecule has 0 aromatic carbocycles. The predicted molar refractivity (Wildman–Crippen MR) is 46.3 cm³/mol. The molecule has 0 saturated heterocycles. The Morgan fingerprint density at radius 3 is 2.80 bits per heavy atom. The molecule has 0 aliphatic carbocycles. The summed E-state index contributed by atoms with van der Waals surface area (Å²) in [5.74, 6) is -0.534. The van der Waals surface area contributed by atoms with Crippen molar-refractivity contribution in [3.05, 3.63) is 20.7 Å². The molecule has 54 valence electrons. The van der Waals surface area contributed by atoms with Gasteiger partial charge in [-0.2, -0.15) is 0 Å². The Morgan fingerprint density at radius 2 is 2.30 bits per heavy atom. The second-order valence-corrected chi connectivity index (χ2v) is 3.06. The van der Waals surface area contributed by atoms with Crippen molar-refractivity contribution in [2.45, 2.75) is 0 Å². The molecule has 0 fully saturated rings. The fourth-order valence-corrected chi connectivity index (χ4v) is 1.00. The number of rotatable bonds is 0. The average molecular weight is 272 g/mol. The van der Waals surface area contributed by atoms with Gasteiger partial charge in [0.25, 0.3) is 0 Å². The van der Waals surface area contributed by atoms with Crippen molar-refractivity contribution < 1.29 is 4.39 Å². The molecule has 0 amide bonds. The van der Waals surface area contributed by atoms with Crippen LogP contribution in [0.3, 0.4) is 0 Å². The molecule has 0 aliphatic rings. The molecular formula is C5H3ClFIN2. The molecule has 0 radical (unpaired) electrons. The number of halogens is 3. The lowest BCUT2D eigenvalue weighted by Crippen LogP contribution is -1.96. The van der Waals surface area contributed by atoms with Gasteiger partial charge in [0, 0.05) is 0 Å². The highest BCUT2D eigenvalue weighted by atomic mass is 127. The maximum absolute atomic E-state index is 12.5. The van der Waals surface area contributed by atoms with E-state index in [1.54, 1.807) is 0 Å². The monoisotopic (exact) mass is 272 g/mol. The van der Waals surface area contributed by atoms with E-state index < -0.39 is 5.82 Å². The van der Waals surface area contributed by atoms with Gasteiger partial charge in [0.2, 0.25) is 0 Å². The normalized spacial score (nSPS) is 9.90. The topological polar surface area (TPSA) is 38.9 Å². The van der Waals surface area contributed by atoms with E-state index in [9.17, 15) is 4.39 Å². The van der Waals surface area contributed by atoms with Crippen molar-refractivity contribution in [1.29, 1.82) is 0 Å². The van der Waals surface area contributed by atoms with E-state index in [1.165, 1.54) is 0 Å². The van der Waals surface area contributed by atoms with E-state index in [0.717, 1.165) is 6.20 Å². The highest BCUT2D eigenvalue weighted by Gasteiger charge is 2.06. The fourth-order valence-electron chi connectivity index (χ4n) is 0.456. The van der Waals surface area contributed by atoms with Gasteiger partial charge in [-0.25, -0.2) is 9.37 Å². The van der Waals surface area contributed by atoms with Crippen molar-refractivity contribution in [2.24, 2.45) is 0 Å². The molecule has 0 aliphatic heterocycles. The molecule has 0 atom stereocenters. The van der Waals surface area contributed by atoms with Crippen LogP contribution in [0.25, 0.3) is 0 Å². The van der Waals surface area contributed by atoms with Gasteiger partial charge in [-0.1, -0.05) is 11.6 Å². The first-order valence-corrected chi connectivity index (χ1v) is 3.83. The third-order valence-corrected chi connectivity index (χ3v) is 2.66. The summed E-state index contributed by atoms with van der Waals surface area (Å²) in [6.07, 6.45) is 1.000. The maximum atomic E-state index is 12.5. The maximum Gasteiger partial charge on any atom is 0.165 e. The van der Waals surface area contributed by atoms with Crippen LogP contribution in [0.4, 0.5) is 10.1 Å². The van der Waals surface area contributed by atoms with E-state index in [4.69, 9.17) is 17.3 Å². The zero-order chi connectivity index (χ0) is 7.72. The Hall–Kier alpha value is -0.100. The summed E-state index contributed by atoms with van der Waals surface area (Å²) in [5.41, 5.74) is 5.33. The highest BCUT2D eigenvalue weighted by Crippen LogP contribution is 2.23. The van der Waals surface area contributed by atoms with Gasteiger partial charge in [-0.15, -0.1) is 0 Å². The number of hydrogen-bond acceptors (Lipinski definition) is 2. The van der Waals surface area contributed by atoms with Gasteiger partial charge in [0.05, 0.1) is 15.5 Å². The molecule has 1 heterocycles. The Kier molecular flexibility index (Phi) is 2.30. The molecular weight excluding hydrogens is 269 g/mol. The molecule has 0 saturated carbocycles. The van der Waals surface area contributed by atoms with E-state index in [1.807, 2.05) is 22.6 Å². The lowest BCUT2D eigenvalue weighted by atomic mass is 10.4. The largest absolute Gasteiger partial charge is 0.395 e. The van der Waals surface area contributed by atoms with Gasteiger partial charge < -0.3 is 5.73 Å². The fraction of sp³-hybridized carbons (Fsp3) is 0. The molecule has 0 unspecified atom stereocenters. The van der Waals surface area contributed by atoms with Crippen LogP contribution in [-0.4, -0.2) is 4.98 Å². The zero-order valence-corrected chi connectivity index (χ0v) is 7.65. The Morgan fingerprint density at radius 1 is 1.70 bits per heavy atom. The second kappa shape index (κ2) is 2.87. The second-order valence-electron chi connectivity index (χ2n) is 1.62. The molecule has 1 aromatic heterocycles. The van der Waals surface area contributed by atoms with Gasteiger partial charge in [-0.3, -0.25) is 0 Å². The molecule has 10 heavy (non-hydrogen) atoms. The summed E-state index contributed by atoms with van der Waals surface area (Å²) in [7, 11) is 0. The molecule has 0 bridgehead atoms. The summed E-state index contributed by atoms with van der Waals surface area (Å²) in [4.78, 5) is 3.54. The molecule has 0 spiro atoms. The standard InChI is InChI=1S/C5H3ClFIN2/c6-5-3(8)4(9)2(7)1-10-5/h1H,(H2,9,10). The SMILES string of the molecule is Nc1c(F)cnc(Cl)c1I. The summed E-state index contributed by atoms with van der Waals surface area (Å²) >= 11 is 7.36. The van der Waals surface area contributed by atoms with Crippen molar-refractivity contribution in [3.63, 3.8) is 0 Å². The number of nitrogen functional groups attached to an aromatic ring is 1. The lowest BCUT2D eigenvalue weighted by Gasteiger charge is -1.99. The number of aromatic nitrogens is 1. The van der Waals surface area contributed by atoms with Crippen LogP contribution in [0, 0.1) is 9.39 Å². The minimum absolute atomic E-state index is 0.0561. The van der Waals surface area contributed by atoms with E-state index in [0.29, 0.717) is 3.57 Å². The number of nitrogens with zero attached hydrogens (tertiary/aromatic N) is 1. The smallest absolute Gasteiger partial charge is 0.165 e. The first-order chi connectivity index (χ1) is 4.63. The summed E-state index contributed by atoms with van der Waals surface area (Å²) in [5, 5.41) is 0.236. The summed E-state index contributed by atoms with van der Waals surface area (Å²) in [6.45, 7) is 0. The van der Waals surface area contributed by atoms with Crippen LogP contribution in [0.5, 0.6) is 0 Å². The molecule has 1 rings (SSSR count). The number of nitrogens with two attached hydrogens (primary N) is 1. The van der Waals surface area contributed by atoms with Gasteiger partial charge >= 0.3 is 0 Å². The average Bonchev–Trinajstić information content (AvgIpc) is 1.93. The highest BCUT2D eigenvalue weighted by molar-refractivity contribution is 14.1. The predicted octanol–water partition coefficient (Wildman–Crippen LogP) is 2.06. The summed E-state index contributed by atoms with van der Waals surface area (Å²) < 4.78 is 13.0. The van der Waals surface area contributed by atoms with E-state index >= 15 is 0 Å². The number of anilines is 1. The van der Waals surface area contributed by atoms with Gasteiger partial charge in [-0.05, 0) is 22.6 Å². The summed E-state index contributed by atoms with van der Waals surface area (Å²) in [6, 6.07) is 0. The Bertz CT molecular complexity index is 239. The quantitative estimate of drug-likeness (QED) is 0.580. The molecule has 2 N–H and O–H groups in total. The minimum atomic E-state index is -0.534. The van der Waals surface area contributed by atoms with Crippen molar-refractivity contribution >= 4 is 39.9 Å². The van der Waals surface area contributed by atoms with Crippen molar-refractivity contribution in [2.75, 3.05) is 5.73 Å². The number of hydrogen-bond donors (Lipinski definition) is 1. The van der Waals surface area contributed by atoms with E-state index in [2.05, 4.69) is 4.98 Å². The van der Waals surface area contributed by atoms with Crippen LogP contribution >= 0.6 is 34.2 Å². The zero-order valence-electron chi connectivity index (χ0n) is 4.74. The van der Waals surface area contributed by atoms with Crippen LogP contribution in [-0.2, 0) is 0 Å². The van der Waals surface area contributed by atoms with Crippen molar-refractivity contribution in [1.82, 2.24) is 4.98 Å². The van der Waals surface area contributed by atoms with Crippen LogP contribution in [0.2, 0.25) is 5.15 Å². The van der Waals surface area contributed by atoms with Gasteiger partial charge in [0.15, 0.2) is 5.82 Å². The Balaban J connectivity index is 3.34. The van der Waals surface area contributed by atoms with Gasteiger partial charge in [0.1, 0.15) is 5.15 Å². The first kappa shape index (κ1) is 8.00. The first-order valence-electron chi connectivity index (χ1n) is 2.38. The van der Waals surface area contributed by atoms with Crippen LogP contribution in [0.1, 0.15) is 0 Å². The van der Waals surface area contributed by atoms with Crippen molar-refractivity contribution in [3.8, 4) is 0 Å². The third-order valence-electron chi connectivity index (χ3n) is 0.966. The number of pyridine rings is 1. The lowest BCUT2D eigenvalue weighted by molar-refractivity contribution is 0.625. The third kappa shape index (κ3) is 1.32. The molecule has 5 heteroatoms. The molecule has 1 aromatic rings. The minimum Gasteiger partial charge on any atom is -0.395 e. The molecule has 2 nitrogen and oxygen atoms in total. The Labute approximate surface area is 75.7 Å².